The summed E-state index contributed by atoms with van der Waals surface area (Å²) < 4.78 is 5.28. The highest BCUT2D eigenvalue weighted by atomic mass is 16.5. The molecule has 1 N–H and O–H groups in total. The van der Waals surface area contributed by atoms with Crippen LogP contribution in [0.4, 0.5) is 0 Å². The Morgan fingerprint density at radius 2 is 2.16 bits per heavy atom. The molecule has 0 atom stereocenters. The van der Waals surface area contributed by atoms with Crippen LogP contribution >= 0.6 is 0 Å². The minimum atomic E-state index is 0.745. The van der Waals surface area contributed by atoms with Gasteiger partial charge in [-0.3, -0.25) is 4.90 Å². The Kier molecular flexibility index (Phi) is 5.40. The minimum Gasteiger partial charge on any atom is -0.360 e. The van der Waals surface area contributed by atoms with Crippen LogP contribution in [0.25, 0.3) is 0 Å². The number of hydrogen-bond donors (Lipinski definition) is 1. The third-order valence-corrected chi connectivity index (χ3v) is 3.75. The molecule has 0 bridgehead atoms. The van der Waals surface area contributed by atoms with Crippen molar-refractivity contribution in [3.05, 3.63) is 17.5 Å². The fourth-order valence-electron chi connectivity index (χ4n) is 2.64. The van der Waals surface area contributed by atoms with Crippen molar-refractivity contribution in [1.29, 1.82) is 0 Å². The van der Waals surface area contributed by atoms with Crippen molar-refractivity contribution in [3.8, 4) is 0 Å². The van der Waals surface area contributed by atoms with Gasteiger partial charge in [0, 0.05) is 6.07 Å². The maximum absolute atomic E-state index is 5.28. The van der Waals surface area contributed by atoms with Gasteiger partial charge in [-0.05, 0) is 57.8 Å². The summed E-state index contributed by atoms with van der Waals surface area (Å²) in [6, 6.07) is 2.04. The molecule has 108 valence electrons. The molecule has 19 heavy (non-hydrogen) atoms. The second-order valence-electron chi connectivity index (χ2n) is 6.21. The van der Waals surface area contributed by atoms with Crippen LogP contribution in [0.1, 0.15) is 38.1 Å². The largest absolute Gasteiger partial charge is 0.360 e. The van der Waals surface area contributed by atoms with Gasteiger partial charge in [-0.25, -0.2) is 0 Å². The SMILES string of the molecule is Cc1cc(CN2CCC(CNCC(C)C)CC2)on1. The van der Waals surface area contributed by atoms with Crippen LogP contribution in [-0.4, -0.2) is 36.2 Å². The van der Waals surface area contributed by atoms with Crippen LogP contribution in [0.15, 0.2) is 10.6 Å². The van der Waals surface area contributed by atoms with Crippen molar-refractivity contribution in [1.82, 2.24) is 15.4 Å². The summed E-state index contributed by atoms with van der Waals surface area (Å²) in [7, 11) is 0. The van der Waals surface area contributed by atoms with Crippen LogP contribution < -0.4 is 5.32 Å². The van der Waals surface area contributed by atoms with Gasteiger partial charge in [0.2, 0.25) is 0 Å². The Bertz CT molecular complexity index is 367. The molecule has 4 nitrogen and oxygen atoms in total. The summed E-state index contributed by atoms with van der Waals surface area (Å²) in [5.74, 6) is 2.58. The molecule has 1 fully saturated rings. The van der Waals surface area contributed by atoms with E-state index in [1.54, 1.807) is 0 Å². The van der Waals surface area contributed by atoms with Crippen LogP contribution in [0.3, 0.4) is 0 Å². The Hall–Kier alpha value is -0.870. The van der Waals surface area contributed by atoms with Gasteiger partial charge < -0.3 is 9.84 Å². The molecule has 1 saturated heterocycles. The molecule has 0 aliphatic carbocycles. The molecule has 1 aliphatic heterocycles. The highest BCUT2D eigenvalue weighted by molar-refractivity contribution is 5.02. The lowest BCUT2D eigenvalue weighted by Gasteiger charge is -2.31. The third-order valence-electron chi connectivity index (χ3n) is 3.75. The Labute approximate surface area is 116 Å². The molecule has 0 amide bonds. The van der Waals surface area contributed by atoms with Gasteiger partial charge in [-0.1, -0.05) is 19.0 Å². The van der Waals surface area contributed by atoms with Gasteiger partial charge in [-0.2, -0.15) is 0 Å². The molecule has 2 rings (SSSR count). The van der Waals surface area contributed by atoms with E-state index in [2.05, 4.69) is 29.2 Å². The maximum atomic E-state index is 5.28. The second kappa shape index (κ2) is 7.06. The van der Waals surface area contributed by atoms with Gasteiger partial charge >= 0.3 is 0 Å². The summed E-state index contributed by atoms with van der Waals surface area (Å²) in [4.78, 5) is 2.47. The first-order valence-electron chi connectivity index (χ1n) is 7.48. The molecule has 2 heterocycles. The van der Waals surface area contributed by atoms with E-state index < -0.39 is 0 Å². The van der Waals surface area contributed by atoms with E-state index >= 15 is 0 Å². The number of nitrogens with one attached hydrogen (secondary N) is 1. The zero-order chi connectivity index (χ0) is 13.7. The molecular formula is C15H27N3O. The predicted octanol–water partition coefficient (Wildman–Crippen LogP) is 2.44. The first-order chi connectivity index (χ1) is 9.13. The van der Waals surface area contributed by atoms with Crippen LogP contribution in [-0.2, 0) is 6.54 Å². The maximum Gasteiger partial charge on any atom is 0.150 e. The van der Waals surface area contributed by atoms with Gasteiger partial charge in [0.25, 0.3) is 0 Å². The number of aryl methyl sites for hydroxylation is 1. The first kappa shape index (κ1) is 14.5. The zero-order valence-electron chi connectivity index (χ0n) is 12.5. The van der Waals surface area contributed by atoms with Crippen molar-refractivity contribution in [2.24, 2.45) is 11.8 Å². The highest BCUT2D eigenvalue weighted by Crippen LogP contribution is 2.18. The number of piperidine rings is 1. The summed E-state index contributed by atoms with van der Waals surface area (Å²) in [6.45, 7) is 12.1. The monoisotopic (exact) mass is 265 g/mol. The van der Waals surface area contributed by atoms with Crippen LogP contribution in [0.2, 0.25) is 0 Å². The number of nitrogens with zero attached hydrogens (tertiary/aromatic N) is 2. The fourth-order valence-corrected chi connectivity index (χ4v) is 2.64. The molecular weight excluding hydrogens is 238 g/mol. The summed E-state index contributed by atoms with van der Waals surface area (Å²) >= 11 is 0. The Balaban J connectivity index is 1.65. The third kappa shape index (κ3) is 4.96. The van der Waals surface area contributed by atoms with Crippen molar-refractivity contribution in [2.45, 2.75) is 40.2 Å². The number of rotatable bonds is 6. The van der Waals surface area contributed by atoms with Crippen molar-refractivity contribution < 1.29 is 4.52 Å². The van der Waals surface area contributed by atoms with Crippen molar-refractivity contribution in [3.63, 3.8) is 0 Å². The quantitative estimate of drug-likeness (QED) is 0.858. The lowest BCUT2D eigenvalue weighted by Crippen LogP contribution is -2.37. The predicted molar refractivity (Wildman–Crippen MR) is 76.9 cm³/mol. The molecule has 1 aromatic heterocycles. The van der Waals surface area contributed by atoms with Crippen molar-refractivity contribution in [2.75, 3.05) is 26.2 Å². The topological polar surface area (TPSA) is 41.3 Å². The summed E-state index contributed by atoms with van der Waals surface area (Å²) in [5.41, 5.74) is 0.975. The van der Waals surface area contributed by atoms with Gasteiger partial charge in [0.1, 0.15) is 0 Å². The zero-order valence-corrected chi connectivity index (χ0v) is 12.5. The van der Waals surface area contributed by atoms with E-state index in [9.17, 15) is 0 Å². The van der Waals surface area contributed by atoms with E-state index in [0.717, 1.165) is 36.4 Å². The molecule has 4 heteroatoms. The normalized spacial score (nSPS) is 18.3. The molecule has 0 unspecified atom stereocenters. The average Bonchev–Trinajstić information content (AvgIpc) is 2.77. The average molecular weight is 265 g/mol. The number of aromatic nitrogens is 1. The lowest BCUT2D eigenvalue weighted by atomic mass is 9.96. The van der Waals surface area contributed by atoms with Crippen molar-refractivity contribution >= 4 is 0 Å². The Morgan fingerprint density at radius 3 is 2.74 bits per heavy atom. The van der Waals surface area contributed by atoms with Crippen LogP contribution in [0, 0.1) is 18.8 Å². The van der Waals surface area contributed by atoms with Gasteiger partial charge in [0.15, 0.2) is 5.76 Å². The van der Waals surface area contributed by atoms with E-state index in [0.29, 0.717) is 0 Å². The summed E-state index contributed by atoms with van der Waals surface area (Å²) in [5, 5.41) is 7.52. The highest BCUT2D eigenvalue weighted by Gasteiger charge is 2.19. The molecule has 0 saturated carbocycles. The Morgan fingerprint density at radius 1 is 1.42 bits per heavy atom. The summed E-state index contributed by atoms with van der Waals surface area (Å²) in [6.07, 6.45) is 2.58. The standard InChI is InChI=1S/C15H27N3O/c1-12(2)9-16-10-14-4-6-18(7-5-14)11-15-8-13(3)17-19-15/h8,12,14,16H,4-7,9-11H2,1-3H3. The molecule has 0 radical (unpaired) electrons. The van der Waals surface area contributed by atoms with Crippen LogP contribution in [0.5, 0.6) is 0 Å². The number of hydrogen-bond acceptors (Lipinski definition) is 4. The van der Waals surface area contributed by atoms with E-state index in [1.165, 1.54) is 32.5 Å². The molecule has 1 aromatic rings. The van der Waals surface area contributed by atoms with Gasteiger partial charge in [-0.15, -0.1) is 0 Å². The minimum absolute atomic E-state index is 0.745. The van der Waals surface area contributed by atoms with E-state index in [4.69, 9.17) is 4.52 Å². The smallest absolute Gasteiger partial charge is 0.150 e. The first-order valence-corrected chi connectivity index (χ1v) is 7.48. The van der Waals surface area contributed by atoms with Gasteiger partial charge in [0.05, 0.1) is 12.2 Å². The molecule has 0 aromatic carbocycles. The molecule has 0 spiro atoms. The molecule has 1 aliphatic rings. The second-order valence-corrected chi connectivity index (χ2v) is 6.21. The number of likely N-dealkylation sites (tertiary alicyclic amines) is 1. The fraction of sp³-hybridized carbons (Fsp3) is 0.800. The van der Waals surface area contributed by atoms with E-state index in [1.807, 2.05) is 13.0 Å². The lowest BCUT2D eigenvalue weighted by molar-refractivity contribution is 0.160. The van der Waals surface area contributed by atoms with E-state index in [-0.39, 0.29) is 0 Å².